The molecule has 0 saturated carbocycles. The molecule has 0 spiro atoms. The van der Waals surface area contributed by atoms with Gasteiger partial charge < -0.3 is 15.0 Å². The summed E-state index contributed by atoms with van der Waals surface area (Å²) in [7, 11) is 3.35. The van der Waals surface area contributed by atoms with E-state index >= 15 is 0 Å². The van der Waals surface area contributed by atoms with Crippen LogP contribution >= 0.6 is 0 Å². The molecule has 0 saturated heterocycles. The minimum absolute atomic E-state index is 0.144. The summed E-state index contributed by atoms with van der Waals surface area (Å²) in [4.78, 5) is 15.6. The van der Waals surface area contributed by atoms with Crippen molar-refractivity contribution in [1.82, 2.24) is 9.55 Å². The van der Waals surface area contributed by atoms with Crippen LogP contribution < -0.4 is 5.73 Å². The van der Waals surface area contributed by atoms with Crippen LogP contribution in [0.15, 0.2) is 12.4 Å². The SMILES string of the molecule is COCCC(N)C(=O)c1nccn1C. The summed E-state index contributed by atoms with van der Waals surface area (Å²) >= 11 is 0. The first-order valence-electron chi connectivity index (χ1n) is 4.43. The van der Waals surface area contributed by atoms with Crippen molar-refractivity contribution in [2.24, 2.45) is 12.8 Å². The van der Waals surface area contributed by atoms with E-state index in [1.165, 1.54) is 0 Å². The standard InChI is InChI=1S/C9H15N3O2/c1-12-5-4-11-9(12)8(13)7(10)3-6-14-2/h4-5,7H,3,6,10H2,1-2H3. The van der Waals surface area contributed by atoms with Crippen LogP contribution in [0.25, 0.3) is 0 Å². The Bertz CT molecular complexity index is 309. The maximum absolute atomic E-state index is 11.7. The molecule has 5 nitrogen and oxygen atoms in total. The van der Waals surface area contributed by atoms with E-state index in [1.54, 1.807) is 31.1 Å². The highest BCUT2D eigenvalue weighted by molar-refractivity contribution is 5.96. The molecule has 0 aliphatic carbocycles. The number of methoxy groups -OCH3 is 1. The summed E-state index contributed by atoms with van der Waals surface area (Å²) in [6.07, 6.45) is 3.81. The minimum Gasteiger partial charge on any atom is -0.385 e. The highest BCUT2D eigenvalue weighted by Gasteiger charge is 2.18. The average Bonchev–Trinajstić information content (AvgIpc) is 2.59. The fraction of sp³-hybridized carbons (Fsp3) is 0.556. The molecule has 1 aromatic rings. The lowest BCUT2D eigenvalue weighted by molar-refractivity contribution is 0.0922. The lowest BCUT2D eigenvalue weighted by Gasteiger charge is -2.09. The highest BCUT2D eigenvalue weighted by Crippen LogP contribution is 2.01. The molecule has 0 amide bonds. The third-order valence-electron chi connectivity index (χ3n) is 2.01. The van der Waals surface area contributed by atoms with Crippen LogP contribution in [0.2, 0.25) is 0 Å². The number of nitrogens with zero attached hydrogens (tertiary/aromatic N) is 2. The summed E-state index contributed by atoms with van der Waals surface area (Å²) in [5, 5.41) is 0. The number of carbonyl (C=O) groups is 1. The molecule has 1 atom stereocenters. The van der Waals surface area contributed by atoms with E-state index in [0.29, 0.717) is 18.9 Å². The number of hydrogen-bond donors (Lipinski definition) is 1. The molecule has 78 valence electrons. The smallest absolute Gasteiger partial charge is 0.214 e. The van der Waals surface area contributed by atoms with Gasteiger partial charge in [0, 0.05) is 33.2 Å². The molecule has 2 N–H and O–H groups in total. The van der Waals surface area contributed by atoms with Crippen LogP contribution in [0, 0.1) is 0 Å². The van der Waals surface area contributed by atoms with Gasteiger partial charge in [0.05, 0.1) is 6.04 Å². The second kappa shape index (κ2) is 4.88. The topological polar surface area (TPSA) is 70.1 Å². The van der Waals surface area contributed by atoms with Crippen molar-refractivity contribution in [3.05, 3.63) is 18.2 Å². The molecule has 0 fully saturated rings. The number of Topliss-reactive ketones (excluding diaryl/α,β-unsaturated/α-hetero) is 1. The zero-order valence-corrected chi connectivity index (χ0v) is 8.43. The summed E-state index contributed by atoms with van der Waals surface area (Å²) in [6.45, 7) is 0.483. The van der Waals surface area contributed by atoms with Crippen molar-refractivity contribution < 1.29 is 9.53 Å². The molecular weight excluding hydrogens is 182 g/mol. The van der Waals surface area contributed by atoms with Crippen molar-refractivity contribution in [2.45, 2.75) is 12.5 Å². The van der Waals surface area contributed by atoms with Crippen molar-refractivity contribution >= 4 is 5.78 Å². The summed E-state index contributed by atoms with van der Waals surface area (Å²) in [5.74, 6) is 0.253. The average molecular weight is 197 g/mol. The van der Waals surface area contributed by atoms with Gasteiger partial charge in [0.15, 0.2) is 5.82 Å². The first-order valence-corrected chi connectivity index (χ1v) is 4.43. The van der Waals surface area contributed by atoms with E-state index in [1.807, 2.05) is 0 Å². The second-order valence-corrected chi connectivity index (χ2v) is 3.11. The number of hydrogen-bond acceptors (Lipinski definition) is 4. The van der Waals surface area contributed by atoms with Crippen LogP contribution in [-0.4, -0.2) is 35.1 Å². The number of nitrogens with two attached hydrogens (primary N) is 1. The Morgan fingerprint density at radius 3 is 3.00 bits per heavy atom. The zero-order valence-electron chi connectivity index (χ0n) is 8.43. The van der Waals surface area contributed by atoms with Gasteiger partial charge in [0.1, 0.15) is 0 Å². The maximum atomic E-state index is 11.7. The molecule has 0 aliphatic rings. The molecule has 0 bridgehead atoms. The largest absolute Gasteiger partial charge is 0.385 e. The Kier molecular flexibility index (Phi) is 3.79. The predicted molar refractivity (Wildman–Crippen MR) is 52.0 cm³/mol. The van der Waals surface area contributed by atoms with Crippen LogP contribution in [0.3, 0.4) is 0 Å². The highest BCUT2D eigenvalue weighted by atomic mass is 16.5. The zero-order chi connectivity index (χ0) is 10.6. The third kappa shape index (κ3) is 2.40. The van der Waals surface area contributed by atoms with Gasteiger partial charge >= 0.3 is 0 Å². The lowest BCUT2D eigenvalue weighted by atomic mass is 10.1. The van der Waals surface area contributed by atoms with Crippen LogP contribution in [-0.2, 0) is 11.8 Å². The van der Waals surface area contributed by atoms with Gasteiger partial charge in [-0.15, -0.1) is 0 Å². The number of carbonyl (C=O) groups excluding carboxylic acids is 1. The molecule has 1 aromatic heterocycles. The minimum atomic E-state index is -0.531. The molecule has 1 unspecified atom stereocenters. The van der Waals surface area contributed by atoms with E-state index in [4.69, 9.17) is 10.5 Å². The number of aryl methyl sites for hydroxylation is 1. The molecular formula is C9H15N3O2. The van der Waals surface area contributed by atoms with Gasteiger partial charge in [-0.3, -0.25) is 4.79 Å². The number of ketones is 1. The predicted octanol–water partition coefficient (Wildman–Crippen LogP) is -0.0334. The Hall–Kier alpha value is -1.20. The quantitative estimate of drug-likeness (QED) is 0.673. The molecule has 14 heavy (non-hydrogen) atoms. The van der Waals surface area contributed by atoms with E-state index in [0.717, 1.165) is 0 Å². The fourth-order valence-electron chi connectivity index (χ4n) is 1.14. The van der Waals surface area contributed by atoms with Crippen LogP contribution in [0.1, 0.15) is 17.0 Å². The molecule has 0 radical (unpaired) electrons. The van der Waals surface area contributed by atoms with Gasteiger partial charge in [-0.2, -0.15) is 0 Å². The van der Waals surface area contributed by atoms with Crippen molar-refractivity contribution in [3.8, 4) is 0 Å². The van der Waals surface area contributed by atoms with Crippen molar-refractivity contribution in [3.63, 3.8) is 0 Å². The first kappa shape index (κ1) is 10.9. The van der Waals surface area contributed by atoms with Gasteiger partial charge in [0.2, 0.25) is 5.78 Å². The van der Waals surface area contributed by atoms with Crippen molar-refractivity contribution in [1.29, 1.82) is 0 Å². The normalized spacial score (nSPS) is 12.8. The molecule has 5 heteroatoms. The van der Waals surface area contributed by atoms with Gasteiger partial charge in [0.25, 0.3) is 0 Å². The number of imidazole rings is 1. The Balaban J connectivity index is 2.61. The molecule has 0 aromatic carbocycles. The van der Waals surface area contributed by atoms with Crippen molar-refractivity contribution in [2.75, 3.05) is 13.7 Å². The Morgan fingerprint density at radius 1 is 1.79 bits per heavy atom. The maximum Gasteiger partial charge on any atom is 0.214 e. The van der Waals surface area contributed by atoms with Crippen LogP contribution in [0.5, 0.6) is 0 Å². The van der Waals surface area contributed by atoms with E-state index in [9.17, 15) is 4.79 Å². The van der Waals surface area contributed by atoms with E-state index < -0.39 is 6.04 Å². The Labute approximate surface area is 82.9 Å². The molecule has 1 rings (SSSR count). The molecule has 1 heterocycles. The van der Waals surface area contributed by atoms with E-state index in [-0.39, 0.29) is 5.78 Å². The summed E-state index contributed by atoms with van der Waals surface area (Å²) < 4.78 is 6.51. The summed E-state index contributed by atoms with van der Waals surface area (Å²) in [6, 6.07) is -0.531. The van der Waals surface area contributed by atoms with Gasteiger partial charge in [-0.1, -0.05) is 0 Å². The lowest BCUT2D eigenvalue weighted by Crippen LogP contribution is -2.33. The Morgan fingerprint density at radius 2 is 2.50 bits per heavy atom. The fourth-order valence-corrected chi connectivity index (χ4v) is 1.14. The third-order valence-corrected chi connectivity index (χ3v) is 2.01. The summed E-state index contributed by atoms with van der Waals surface area (Å²) in [5.41, 5.74) is 5.68. The first-order chi connectivity index (χ1) is 6.66. The van der Waals surface area contributed by atoms with Gasteiger partial charge in [-0.25, -0.2) is 4.98 Å². The number of rotatable bonds is 5. The monoisotopic (exact) mass is 197 g/mol. The number of aromatic nitrogens is 2. The van der Waals surface area contributed by atoms with E-state index in [2.05, 4.69) is 4.98 Å². The molecule has 0 aliphatic heterocycles. The number of ether oxygens (including phenoxy) is 1. The van der Waals surface area contributed by atoms with Crippen LogP contribution in [0.4, 0.5) is 0 Å². The second-order valence-electron chi connectivity index (χ2n) is 3.11. The van der Waals surface area contributed by atoms with Gasteiger partial charge in [-0.05, 0) is 6.42 Å².